The summed E-state index contributed by atoms with van der Waals surface area (Å²) in [7, 11) is 0. The molecule has 2 atom stereocenters. The Balaban J connectivity index is 1.84. The lowest BCUT2D eigenvalue weighted by Gasteiger charge is -2.29. The molecule has 0 amide bonds. The van der Waals surface area contributed by atoms with E-state index in [4.69, 9.17) is 4.74 Å². The molecule has 0 aliphatic carbocycles. The van der Waals surface area contributed by atoms with Gasteiger partial charge in [0.1, 0.15) is 0 Å². The minimum atomic E-state index is -0.788. The molecule has 1 fully saturated rings. The number of benzene rings is 1. The molecule has 1 aromatic rings. The van der Waals surface area contributed by atoms with Crippen molar-refractivity contribution < 1.29 is 13.5 Å². The molecule has 2 unspecified atom stereocenters. The van der Waals surface area contributed by atoms with Crippen LogP contribution in [0, 0.1) is 17.6 Å². The molecule has 20 heavy (non-hydrogen) atoms. The van der Waals surface area contributed by atoms with Gasteiger partial charge < -0.3 is 10.1 Å². The molecular weight excluding hydrogens is 260 g/mol. The van der Waals surface area contributed by atoms with Crippen molar-refractivity contribution in [3.8, 4) is 0 Å². The van der Waals surface area contributed by atoms with E-state index in [1.165, 1.54) is 12.1 Å². The fourth-order valence-corrected chi connectivity index (χ4v) is 2.68. The fraction of sp³-hybridized carbons (Fsp3) is 0.625. The molecular formula is C16H23F2NO. The molecule has 4 heteroatoms. The van der Waals surface area contributed by atoms with Gasteiger partial charge in [0.15, 0.2) is 11.6 Å². The third-order valence-electron chi connectivity index (χ3n) is 4.23. The van der Waals surface area contributed by atoms with Gasteiger partial charge in [0.25, 0.3) is 0 Å². The smallest absolute Gasteiger partial charge is 0.159 e. The van der Waals surface area contributed by atoms with Crippen LogP contribution in [0.25, 0.3) is 0 Å². The topological polar surface area (TPSA) is 21.3 Å². The molecule has 1 aliphatic rings. The van der Waals surface area contributed by atoms with E-state index in [2.05, 4.69) is 12.2 Å². The first-order chi connectivity index (χ1) is 9.58. The zero-order valence-corrected chi connectivity index (χ0v) is 12.2. The Bertz CT molecular complexity index is 432. The van der Waals surface area contributed by atoms with Gasteiger partial charge in [-0.2, -0.15) is 0 Å². The van der Waals surface area contributed by atoms with Crippen molar-refractivity contribution in [1.82, 2.24) is 5.32 Å². The molecule has 1 N–H and O–H groups in total. The number of ether oxygens (including phenoxy) is 1. The Kier molecular flexibility index (Phi) is 5.49. The average Bonchev–Trinajstić information content (AvgIpc) is 2.48. The van der Waals surface area contributed by atoms with Crippen LogP contribution in [0.1, 0.15) is 38.2 Å². The maximum atomic E-state index is 13.2. The molecule has 1 aliphatic heterocycles. The van der Waals surface area contributed by atoms with Gasteiger partial charge in [-0.1, -0.05) is 13.0 Å². The average molecular weight is 283 g/mol. The van der Waals surface area contributed by atoms with Crippen LogP contribution in [-0.4, -0.2) is 25.8 Å². The maximum Gasteiger partial charge on any atom is 0.159 e. The molecule has 1 aromatic carbocycles. The second-order valence-corrected chi connectivity index (χ2v) is 5.72. The zero-order chi connectivity index (χ0) is 14.5. The monoisotopic (exact) mass is 283 g/mol. The highest BCUT2D eigenvalue weighted by Crippen LogP contribution is 2.21. The van der Waals surface area contributed by atoms with E-state index in [1.54, 1.807) is 6.07 Å². The van der Waals surface area contributed by atoms with Crippen LogP contribution >= 0.6 is 0 Å². The lowest BCUT2D eigenvalue weighted by molar-refractivity contribution is 0.0559. The van der Waals surface area contributed by atoms with Crippen molar-refractivity contribution in [2.75, 3.05) is 19.8 Å². The second kappa shape index (κ2) is 7.14. The molecule has 0 radical (unpaired) electrons. The Hall–Kier alpha value is -1.00. The van der Waals surface area contributed by atoms with Gasteiger partial charge in [-0.05, 0) is 49.3 Å². The Morgan fingerprint density at radius 1 is 1.20 bits per heavy atom. The van der Waals surface area contributed by atoms with Crippen molar-refractivity contribution in [3.63, 3.8) is 0 Å². The molecule has 2 rings (SSSR count). The van der Waals surface area contributed by atoms with E-state index in [-0.39, 0.29) is 5.92 Å². The molecule has 0 bridgehead atoms. The summed E-state index contributed by atoms with van der Waals surface area (Å²) in [5.74, 6) is -0.760. The number of halogens is 2. The summed E-state index contributed by atoms with van der Waals surface area (Å²) in [6.07, 6.45) is 2.18. The van der Waals surface area contributed by atoms with Crippen LogP contribution in [0.3, 0.4) is 0 Å². The first-order valence-corrected chi connectivity index (χ1v) is 7.34. The maximum absolute atomic E-state index is 13.2. The van der Waals surface area contributed by atoms with Gasteiger partial charge in [-0.25, -0.2) is 8.78 Å². The predicted molar refractivity (Wildman–Crippen MR) is 75.8 cm³/mol. The van der Waals surface area contributed by atoms with E-state index in [1.807, 2.05) is 6.92 Å². The standard InChI is InChI=1S/C16H23F2NO/c1-11(14-3-4-15(17)16(18)9-14)10-19-12(2)13-5-7-20-8-6-13/h3-4,9,11-13,19H,5-8,10H2,1-2H3. The van der Waals surface area contributed by atoms with E-state index >= 15 is 0 Å². The largest absolute Gasteiger partial charge is 0.381 e. The molecule has 0 aromatic heterocycles. The third kappa shape index (κ3) is 4.00. The fourth-order valence-electron chi connectivity index (χ4n) is 2.68. The van der Waals surface area contributed by atoms with Crippen LogP contribution < -0.4 is 5.32 Å². The summed E-state index contributed by atoms with van der Waals surface area (Å²) < 4.78 is 31.5. The molecule has 1 heterocycles. The quantitative estimate of drug-likeness (QED) is 0.893. The van der Waals surface area contributed by atoms with E-state index in [9.17, 15) is 8.78 Å². The van der Waals surface area contributed by atoms with Gasteiger partial charge in [0.05, 0.1) is 0 Å². The zero-order valence-electron chi connectivity index (χ0n) is 12.2. The van der Waals surface area contributed by atoms with Crippen molar-refractivity contribution in [1.29, 1.82) is 0 Å². The van der Waals surface area contributed by atoms with E-state index in [0.29, 0.717) is 12.0 Å². The van der Waals surface area contributed by atoms with Crippen molar-refractivity contribution in [2.45, 2.75) is 38.6 Å². The Labute approximate surface area is 119 Å². The molecule has 1 saturated heterocycles. The summed E-state index contributed by atoms with van der Waals surface area (Å²) in [6, 6.07) is 4.57. The van der Waals surface area contributed by atoms with Gasteiger partial charge in [-0.3, -0.25) is 0 Å². The summed E-state index contributed by atoms with van der Waals surface area (Å²) in [4.78, 5) is 0. The van der Waals surface area contributed by atoms with E-state index in [0.717, 1.165) is 38.2 Å². The SMILES string of the molecule is CC(CNC(C)C1CCOCC1)c1ccc(F)c(F)c1. The highest BCUT2D eigenvalue weighted by molar-refractivity contribution is 5.21. The first-order valence-electron chi connectivity index (χ1n) is 7.34. The van der Waals surface area contributed by atoms with Crippen LogP contribution in [0.4, 0.5) is 8.78 Å². The van der Waals surface area contributed by atoms with Crippen molar-refractivity contribution in [3.05, 3.63) is 35.4 Å². The first kappa shape index (κ1) is 15.4. The summed E-state index contributed by atoms with van der Waals surface area (Å²) >= 11 is 0. The minimum Gasteiger partial charge on any atom is -0.381 e. The Morgan fingerprint density at radius 3 is 2.55 bits per heavy atom. The number of hydrogen-bond donors (Lipinski definition) is 1. The highest BCUT2D eigenvalue weighted by Gasteiger charge is 2.20. The van der Waals surface area contributed by atoms with Crippen LogP contribution in [0.2, 0.25) is 0 Å². The highest BCUT2D eigenvalue weighted by atomic mass is 19.2. The summed E-state index contributed by atoms with van der Waals surface area (Å²) in [6.45, 7) is 6.67. The molecule has 0 saturated carbocycles. The molecule has 0 spiro atoms. The predicted octanol–water partition coefficient (Wildman–Crippen LogP) is 3.47. The minimum absolute atomic E-state index is 0.160. The van der Waals surface area contributed by atoms with E-state index < -0.39 is 11.6 Å². The van der Waals surface area contributed by atoms with Crippen LogP contribution in [0.5, 0.6) is 0 Å². The molecule has 2 nitrogen and oxygen atoms in total. The van der Waals surface area contributed by atoms with Crippen molar-refractivity contribution >= 4 is 0 Å². The summed E-state index contributed by atoms with van der Waals surface area (Å²) in [5, 5.41) is 3.51. The molecule has 112 valence electrons. The Morgan fingerprint density at radius 2 is 1.90 bits per heavy atom. The van der Waals surface area contributed by atoms with Gasteiger partial charge >= 0.3 is 0 Å². The van der Waals surface area contributed by atoms with Gasteiger partial charge in [-0.15, -0.1) is 0 Å². The summed E-state index contributed by atoms with van der Waals surface area (Å²) in [5.41, 5.74) is 0.829. The van der Waals surface area contributed by atoms with Crippen molar-refractivity contribution in [2.24, 2.45) is 5.92 Å². The lowest BCUT2D eigenvalue weighted by Crippen LogP contribution is -2.38. The normalized spacial score (nSPS) is 19.8. The number of hydrogen-bond acceptors (Lipinski definition) is 2. The lowest BCUT2D eigenvalue weighted by atomic mass is 9.92. The number of rotatable bonds is 5. The van der Waals surface area contributed by atoms with Crippen LogP contribution in [0.15, 0.2) is 18.2 Å². The van der Waals surface area contributed by atoms with Gasteiger partial charge in [0, 0.05) is 25.8 Å². The number of nitrogens with one attached hydrogen (secondary N) is 1. The second-order valence-electron chi connectivity index (χ2n) is 5.72. The third-order valence-corrected chi connectivity index (χ3v) is 4.23. The van der Waals surface area contributed by atoms with Crippen LogP contribution in [-0.2, 0) is 4.74 Å². The van der Waals surface area contributed by atoms with Gasteiger partial charge in [0.2, 0.25) is 0 Å².